The molecule has 0 radical (unpaired) electrons. The molecule has 1 unspecified atom stereocenters. The molecule has 3 aromatic rings. The highest BCUT2D eigenvalue weighted by molar-refractivity contribution is 7.89. The molecular weight excluding hydrogens is 432 g/mol. The second-order valence-corrected chi connectivity index (χ2v) is 11.4. The van der Waals surface area contributed by atoms with Crippen LogP contribution >= 0.6 is 11.3 Å². The molecule has 0 amide bonds. The van der Waals surface area contributed by atoms with E-state index >= 15 is 0 Å². The maximum atomic E-state index is 13.1. The smallest absolute Gasteiger partial charge is 0.259 e. The molecular formula is C22H28N4O3S2. The third-order valence-corrected chi connectivity index (χ3v) is 9.39. The monoisotopic (exact) mass is 460 g/mol. The van der Waals surface area contributed by atoms with Crippen LogP contribution in [0.4, 0.5) is 0 Å². The third-order valence-electron chi connectivity index (χ3n) is 6.39. The normalized spacial score (nSPS) is 17.3. The van der Waals surface area contributed by atoms with Gasteiger partial charge in [-0.25, -0.2) is 13.4 Å². The van der Waals surface area contributed by atoms with Gasteiger partial charge in [0.05, 0.1) is 16.3 Å². The largest absolute Gasteiger partial charge is 0.309 e. The van der Waals surface area contributed by atoms with Crippen LogP contribution in [0.1, 0.15) is 40.4 Å². The van der Waals surface area contributed by atoms with Crippen LogP contribution in [0.2, 0.25) is 0 Å². The SMILES string of the molecule is Cc1ccc(S(=O)(=O)N2CCN(C(C)c3nc4sc(C)c(C)c4c(=O)[nH]3)CC2)cc1C. The zero-order chi connectivity index (χ0) is 22.5. The van der Waals surface area contributed by atoms with E-state index in [1.165, 1.54) is 11.3 Å². The number of nitrogens with one attached hydrogen (secondary N) is 1. The Labute approximate surface area is 186 Å². The van der Waals surface area contributed by atoms with Crippen molar-refractivity contribution in [3.8, 4) is 0 Å². The van der Waals surface area contributed by atoms with Crippen molar-refractivity contribution in [1.82, 2.24) is 19.2 Å². The number of hydrogen-bond acceptors (Lipinski definition) is 6. The van der Waals surface area contributed by atoms with Crippen LogP contribution in [0, 0.1) is 27.7 Å². The van der Waals surface area contributed by atoms with E-state index < -0.39 is 10.0 Å². The van der Waals surface area contributed by atoms with Crippen molar-refractivity contribution in [2.75, 3.05) is 26.2 Å². The van der Waals surface area contributed by atoms with Crippen LogP contribution in [-0.4, -0.2) is 53.8 Å². The number of hydrogen-bond donors (Lipinski definition) is 1. The van der Waals surface area contributed by atoms with E-state index in [4.69, 9.17) is 4.98 Å². The molecule has 166 valence electrons. The molecule has 9 heteroatoms. The van der Waals surface area contributed by atoms with Gasteiger partial charge in [-0.3, -0.25) is 9.69 Å². The lowest BCUT2D eigenvalue weighted by molar-refractivity contribution is 0.141. The van der Waals surface area contributed by atoms with E-state index in [1.54, 1.807) is 16.4 Å². The standard InChI is InChI=1S/C22H28N4O3S2/c1-13-6-7-18(12-14(13)2)31(28,29)26-10-8-25(9-11-26)16(4)20-23-21(27)19-15(3)17(5)30-22(19)24-20/h6-7,12,16H,8-11H2,1-5H3,(H,23,24,27). The number of H-pyrrole nitrogens is 1. The fourth-order valence-corrected chi connectivity index (χ4v) is 6.54. The van der Waals surface area contributed by atoms with Crippen LogP contribution in [0.15, 0.2) is 27.9 Å². The zero-order valence-corrected chi connectivity index (χ0v) is 20.2. The number of piperazine rings is 1. The number of fused-ring (bicyclic) bond motifs is 1. The molecule has 1 aliphatic rings. The van der Waals surface area contributed by atoms with Crippen molar-refractivity contribution in [2.24, 2.45) is 0 Å². The Bertz CT molecular complexity index is 1300. The van der Waals surface area contributed by atoms with Crippen LogP contribution in [0.25, 0.3) is 10.2 Å². The molecule has 1 N–H and O–H groups in total. The second kappa shape index (κ2) is 8.12. The van der Waals surface area contributed by atoms with E-state index in [9.17, 15) is 13.2 Å². The first-order valence-corrected chi connectivity index (χ1v) is 12.7. The average Bonchev–Trinajstić information content (AvgIpc) is 3.03. The molecule has 0 saturated carbocycles. The van der Waals surface area contributed by atoms with E-state index in [2.05, 4.69) is 9.88 Å². The number of aromatic amines is 1. The van der Waals surface area contributed by atoms with Crippen LogP contribution < -0.4 is 5.56 Å². The average molecular weight is 461 g/mol. The van der Waals surface area contributed by atoms with Crippen LogP contribution in [-0.2, 0) is 10.0 Å². The molecule has 4 rings (SSSR count). The summed E-state index contributed by atoms with van der Waals surface area (Å²) in [4.78, 5) is 24.7. The van der Waals surface area contributed by atoms with Gasteiger partial charge in [-0.05, 0) is 63.4 Å². The van der Waals surface area contributed by atoms with Crippen LogP contribution in [0.5, 0.6) is 0 Å². The lowest BCUT2D eigenvalue weighted by Crippen LogP contribution is -2.49. The Morgan fingerprint density at radius 2 is 1.74 bits per heavy atom. The highest BCUT2D eigenvalue weighted by Gasteiger charge is 2.31. The van der Waals surface area contributed by atoms with Crippen molar-refractivity contribution in [1.29, 1.82) is 0 Å². The molecule has 1 fully saturated rings. The molecule has 1 aromatic carbocycles. The number of thiophene rings is 1. The number of aromatic nitrogens is 2. The molecule has 1 saturated heterocycles. The van der Waals surface area contributed by atoms with E-state index in [0.29, 0.717) is 42.3 Å². The molecule has 0 bridgehead atoms. The minimum Gasteiger partial charge on any atom is -0.309 e. The second-order valence-electron chi connectivity index (χ2n) is 8.28. The first-order valence-electron chi connectivity index (χ1n) is 10.4. The minimum atomic E-state index is -3.52. The molecule has 1 atom stereocenters. The number of rotatable bonds is 4. The molecule has 3 heterocycles. The summed E-state index contributed by atoms with van der Waals surface area (Å²) in [5, 5.41) is 0.669. The highest BCUT2D eigenvalue weighted by atomic mass is 32.2. The summed E-state index contributed by atoms with van der Waals surface area (Å²) in [5.41, 5.74) is 2.92. The van der Waals surface area contributed by atoms with Gasteiger partial charge in [0.15, 0.2) is 0 Å². The summed E-state index contributed by atoms with van der Waals surface area (Å²) in [6, 6.07) is 5.18. The topological polar surface area (TPSA) is 86.4 Å². The number of aryl methyl sites for hydroxylation is 4. The maximum absolute atomic E-state index is 13.1. The molecule has 7 nitrogen and oxygen atoms in total. The number of sulfonamides is 1. The zero-order valence-electron chi connectivity index (χ0n) is 18.5. The van der Waals surface area contributed by atoms with Gasteiger partial charge >= 0.3 is 0 Å². The molecule has 0 aliphatic carbocycles. The van der Waals surface area contributed by atoms with Crippen molar-refractivity contribution in [3.63, 3.8) is 0 Å². The van der Waals surface area contributed by atoms with Gasteiger partial charge in [0.1, 0.15) is 10.7 Å². The van der Waals surface area contributed by atoms with Crippen molar-refractivity contribution >= 4 is 31.6 Å². The summed E-state index contributed by atoms with van der Waals surface area (Å²) < 4.78 is 27.7. The Kier molecular flexibility index (Phi) is 5.80. The Morgan fingerprint density at radius 3 is 2.39 bits per heavy atom. The lowest BCUT2D eigenvalue weighted by atomic mass is 10.1. The fraction of sp³-hybridized carbons (Fsp3) is 0.455. The van der Waals surface area contributed by atoms with E-state index in [0.717, 1.165) is 26.4 Å². The first-order chi connectivity index (χ1) is 14.6. The minimum absolute atomic E-state index is 0.105. The van der Waals surface area contributed by atoms with Gasteiger partial charge in [-0.15, -0.1) is 11.3 Å². The summed E-state index contributed by atoms with van der Waals surface area (Å²) in [6.45, 7) is 11.8. The van der Waals surface area contributed by atoms with Crippen molar-refractivity contribution < 1.29 is 8.42 Å². The molecule has 31 heavy (non-hydrogen) atoms. The van der Waals surface area contributed by atoms with E-state index in [1.807, 2.05) is 40.7 Å². The molecule has 0 spiro atoms. The highest BCUT2D eigenvalue weighted by Crippen LogP contribution is 2.28. The maximum Gasteiger partial charge on any atom is 0.259 e. The summed E-state index contributed by atoms with van der Waals surface area (Å²) in [5.74, 6) is 0.629. The molecule has 2 aromatic heterocycles. The van der Waals surface area contributed by atoms with Gasteiger partial charge in [0.25, 0.3) is 5.56 Å². The van der Waals surface area contributed by atoms with Gasteiger partial charge in [0.2, 0.25) is 10.0 Å². The van der Waals surface area contributed by atoms with Gasteiger partial charge in [0, 0.05) is 31.1 Å². The van der Waals surface area contributed by atoms with Crippen LogP contribution in [0.3, 0.4) is 0 Å². The van der Waals surface area contributed by atoms with Crippen molar-refractivity contribution in [2.45, 2.75) is 45.6 Å². The summed E-state index contributed by atoms with van der Waals surface area (Å²) in [7, 11) is -3.52. The quantitative estimate of drug-likeness (QED) is 0.646. The Morgan fingerprint density at radius 1 is 1.06 bits per heavy atom. The Hall–Kier alpha value is -2.07. The lowest BCUT2D eigenvalue weighted by Gasteiger charge is -2.37. The van der Waals surface area contributed by atoms with Gasteiger partial charge in [-0.1, -0.05) is 6.07 Å². The predicted molar refractivity (Wildman–Crippen MR) is 124 cm³/mol. The summed E-state index contributed by atoms with van der Waals surface area (Å²) >= 11 is 1.54. The molecule has 1 aliphatic heterocycles. The Balaban J connectivity index is 1.51. The van der Waals surface area contributed by atoms with E-state index in [-0.39, 0.29) is 11.6 Å². The fourth-order valence-electron chi connectivity index (χ4n) is 4.00. The predicted octanol–water partition coefficient (Wildman–Crippen LogP) is 3.29. The first kappa shape index (κ1) is 22.1. The van der Waals surface area contributed by atoms with Crippen molar-refractivity contribution in [3.05, 3.63) is 55.9 Å². The van der Waals surface area contributed by atoms with Gasteiger partial charge < -0.3 is 4.98 Å². The summed E-state index contributed by atoms with van der Waals surface area (Å²) in [6.07, 6.45) is 0. The number of nitrogens with zero attached hydrogens (tertiary/aromatic N) is 3. The number of benzene rings is 1. The third kappa shape index (κ3) is 3.95. The van der Waals surface area contributed by atoms with Gasteiger partial charge in [-0.2, -0.15) is 4.31 Å².